The number of rotatable bonds is 5. The lowest BCUT2D eigenvalue weighted by molar-refractivity contribution is -0.117. The number of hydrogen-bond acceptors (Lipinski definition) is 4. The maximum atomic E-state index is 12.8. The molecule has 0 bridgehead atoms. The molecule has 152 valence electrons. The lowest BCUT2D eigenvalue weighted by Gasteiger charge is -2.24. The number of hydrogen-bond donors (Lipinski definition) is 1. The lowest BCUT2D eigenvalue weighted by atomic mass is 10.1. The zero-order valence-corrected chi connectivity index (χ0v) is 18.4. The van der Waals surface area contributed by atoms with Crippen LogP contribution in [0.4, 0.5) is 5.69 Å². The number of nitrogens with one attached hydrogen (secondary N) is 1. The van der Waals surface area contributed by atoms with Crippen molar-refractivity contribution in [1.29, 1.82) is 0 Å². The van der Waals surface area contributed by atoms with Gasteiger partial charge in [-0.25, -0.2) is 5.01 Å². The maximum Gasteiger partial charge on any atom is 0.282 e. The molecule has 7 heteroatoms. The maximum absolute atomic E-state index is 12.8. The molecule has 0 unspecified atom stereocenters. The predicted molar refractivity (Wildman–Crippen MR) is 116 cm³/mol. The van der Waals surface area contributed by atoms with Gasteiger partial charge in [0.2, 0.25) is 0 Å². The van der Waals surface area contributed by atoms with Crippen molar-refractivity contribution >= 4 is 39.5 Å². The molecule has 0 aliphatic carbocycles. The lowest BCUT2D eigenvalue weighted by Crippen LogP contribution is -2.35. The molecule has 1 fully saturated rings. The van der Waals surface area contributed by atoms with Crippen LogP contribution in [-0.4, -0.2) is 24.0 Å². The van der Waals surface area contributed by atoms with Crippen molar-refractivity contribution in [3.8, 4) is 11.5 Å². The standard InChI is InChI=1S/C22H23BrN2O4/c1-5-28-18-13-14(12-17(23)19(18)29-22(2,3)4)11-16-20(26)24-25(21(16)27)15-9-7-6-8-10-15/h6-13H,5H2,1-4H3,(H,24,26). The Kier molecular flexibility index (Phi) is 5.98. The second-order valence-corrected chi connectivity index (χ2v) is 8.31. The van der Waals surface area contributed by atoms with Gasteiger partial charge in [-0.2, -0.15) is 0 Å². The first-order valence-electron chi connectivity index (χ1n) is 9.27. The van der Waals surface area contributed by atoms with Crippen LogP contribution in [0, 0.1) is 0 Å². The molecule has 0 saturated carbocycles. The van der Waals surface area contributed by atoms with E-state index in [9.17, 15) is 9.59 Å². The zero-order chi connectivity index (χ0) is 21.2. The molecule has 2 amide bonds. The SMILES string of the molecule is CCOc1cc(C=C2C(=O)NN(c3ccccc3)C2=O)cc(Br)c1OC(C)(C)C. The number of halogens is 1. The van der Waals surface area contributed by atoms with Gasteiger partial charge in [-0.3, -0.25) is 15.0 Å². The predicted octanol–water partition coefficient (Wildman–Crippen LogP) is 4.49. The summed E-state index contributed by atoms with van der Waals surface area (Å²) in [6, 6.07) is 12.5. The minimum absolute atomic E-state index is 0.0488. The Balaban J connectivity index is 1.97. The number of amides is 2. The smallest absolute Gasteiger partial charge is 0.282 e. The molecule has 0 radical (unpaired) electrons. The van der Waals surface area contributed by atoms with Gasteiger partial charge in [-0.15, -0.1) is 0 Å². The van der Waals surface area contributed by atoms with E-state index in [4.69, 9.17) is 9.47 Å². The number of carbonyl (C=O) groups excluding carboxylic acids is 2. The molecule has 1 aliphatic rings. The fourth-order valence-electron chi connectivity index (χ4n) is 2.82. The number of hydrazine groups is 1. The van der Waals surface area contributed by atoms with Gasteiger partial charge in [0.15, 0.2) is 11.5 Å². The molecule has 0 spiro atoms. The van der Waals surface area contributed by atoms with Crippen LogP contribution in [0.25, 0.3) is 6.08 Å². The highest BCUT2D eigenvalue weighted by molar-refractivity contribution is 9.10. The molecule has 1 heterocycles. The fraction of sp³-hybridized carbons (Fsp3) is 0.273. The number of nitrogens with zero attached hydrogens (tertiary/aromatic N) is 1. The van der Waals surface area contributed by atoms with Gasteiger partial charge in [0.1, 0.15) is 11.2 Å². The zero-order valence-electron chi connectivity index (χ0n) is 16.8. The Labute approximate surface area is 178 Å². The first-order valence-corrected chi connectivity index (χ1v) is 10.1. The molecule has 1 saturated heterocycles. The second kappa shape index (κ2) is 8.29. The van der Waals surface area contributed by atoms with E-state index in [0.717, 1.165) is 0 Å². The van der Waals surface area contributed by atoms with Crippen LogP contribution >= 0.6 is 15.9 Å². The first kappa shape index (κ1) is 20.9. The molecule has 2 aromatic rings. The largest absolute Gasteiger partial charge is 0.490 e. The average molecular weight is 459 g/mol. The Morgan fingerprint density at radius 3 is 2.45 bits per heavy atom. The molecule has 29 heavy (non-hydrogen) atoms. The number of ether oxygens (including phenoxy) is 2. The molecular formula is C22H23BrN2O4. The van der Waals surface area contributed by atoms with Gasteiger partial charge in [-0.05, 0) is 79.5 Å². The second-order valence-electron chi connectivity index (χ2n) is 7.45. The van der Waals surface area contributed by atoms with Crippen LogP contribution in [0.2, 0.25) is 0 Å². The highest BCUT2D eigenvalue weighted by Gasteiger charge is 2.34. The Morgan fingerprint density at radius 2 is 1.83 bits per heavy atom. The van der Waals surface area contributed by atoms with Gasteiger partial charge in [0, 0.05) is 0 Å². The highest BCUT2D eigenvalue weighted by atomic mass is 79.9. The summed E-state index contributed by atoms with van der Waals surface area (Å²) < 4.78 is 12.4. The average Bonchev–Trinajstić information content (AvgIpc) is 2.93. The van der Waals surface area contributed by atoms with Crippen LogP contribution in [0.15, 0.2) is 52.5 Å². The molecule has 0 aromatic heterocycles. The third kappa shape index (κ3) is 4.79. The van der Waals surface area contributed by atoms with E-state index < -0.39 is 17.4 Å². The van der Waals surface area contributed by atoms with Crippen molar-refractivity contribution in [2.45, 2.75) is 33.3 Å². The summed E-state index contributed by atoms with van der Waals surface area (Å²) in [6.07, 6.45) is 1.55. The minimum atomic E-state index is -0.456. The summed E-state index contributed by atoms with van der Waals surface area (Å²) in [6.45, 7) is 8.18. The summed E-state index contributed by atoms with van der Waals surface area (Å²) in [5, 5.41) is 1.24. The Morgan fingerprint density at radius 1 is 1.14 bits per heavy atom. The molecule has 1 aliphatic heterocycles. The molecule has 6 nitrogen and oxygen atoms in total. The number of para-hydroxylation sites is 1. The van der Waals surface area contributed by atoms with E-state index in [0.29, 0.717) is 33.8 Å². The van der Waals surface area contributed by atoms with Crippen molar-refractivity contribution in [1.82, 2.24) is 5.43 Å². The van der Waals surface area contributed by atoms with Crippen LogP contribution in [0.3, 0.4) is 0 Å². The van der Waals surface area contributed by atoms with Gasteiger partial charge in [0.05, 0.1) is 16.8 Å². The molecule has 3 rings (SSSR count). The minimum Gasteiger partial charge on any atom is -0.490 e. The van der Waals surface area contributed by atoms with E-state index in [2.05, 4.69) is 21.4 Å². The summed E-state index contributed by atoms with van der Waals surface area (Å²) in [5.41, 5.74) is 3.48. The monoisotopic (exact) mass is 458 g/mol. The summed E-state index contributed by atoms with van der Waals surface area (Å²) in [7, 11) is 0. The molecule has 2 aromatic carbocycles. The van der Waals surface area contributed by atoms with Crippen molar-refractivity contribution in [2.75, 3.05) is 11.6 Å². The third-order valence-electron chi connectivity index (χ3n) is 3.96. The summed E-state index contributed by atoms with van der Waals surface area (Å²) in [4.78, 5) is 25.2. The normalized spacial score (nSPS) is 15.6. The van der Waals surface area contributed by atoms with Crippen LogP contribution in [-0.2, 0) is 9.59 Å². The van der Waals surface area contributed by atoms with Gasteiger partial charge in [0.25, 0.3) is 11.8 Å². The van der Waals surface area contributed by atoms with E-state index in [1.165, 1.54) is 5.01 Å². The number of anilines is 1. The van der Waals surface area contributed by atoms with E-state index >= 15 is 0 Å². The van der Waals surface area contributed by atoms with Crippen molar-refractivity contribution in [2.24, 2.45) is 0 Å². The quantitative estimate of drug-likeness (QED) is 0.529. The van der Waals surface area contributed by atoms with Crippen molar-refractivity contribution in [3.63, 3.8) is 0 Å². The summed E-state index contributed by atoms with van der Waals surface area (Å²) in [5.74, 6) is 0.247. The van der Waals surface area contributed by atoms with Crippen molar-refractivity contribution in [3.05, 3.63) is 58.1 Å². The van der Waals surface area contributed by atoms with Crippen LogP contribution in [0.5, 0.6) is 11.5 Å². The van der Waals surface area contributed by atoms with E-state index in [1.807, 2.05) is 33.8 Å². The molecule has 1 N–H and O–H groups in total. The van der Waals surface area contributed by atoms with Crippen LogP contribution < -0.4 is 19.9 Å². The van der Waals surface area contributed by atoms with Gasteiger partial charge < -0.3 is 9.47 Å². The fourth-order valence-corrected chi connectivity index (χ4v) is 3.36. The number of carbonyl (C=O) groups is 2. The van der Waals surface area contributed by atoms with Crippen LogP contribution in [0.1, 0.15) is 33.3 Å². The van der Waals surface area contributed by atoms with E-state index in [1.54, 1.807) is 42.5 Å². The highest BCUT2D eigenvalue weighted by Crippen LogP contribution is 2.39. The van der Waals surface area contributed by atoms with Gasteiger partial charge in [-0.1, -0.05) is 18.2 Å². The topological polar surface area (TPSA) is 67.9 Å². The van der Waals surface area contributed by atoms with Crippen molar-refractivity contribution < 1.29 is 19.1 Å². The molecular weight excluding hydrogens is 436 g/mol. The summed E-state index contributed by atoms with van der Waals surface area (Å²) >= 11 is 3.52. The third-order valence-corrected chi connectivity index (χ3v) is 4.55. The Bertz CT molecular complexity index is 965. The van der Waals surface area contributed by atoms with Gasteiger partial charge >= 0.3 is 0 Å². The number of benzene rings is 2. The Hall–Kier alpha value is -2.80. The first-order chi connectivity index (χ1) is 13.7. The molecule has 0 atom stereocenters. The van der Waals surface area contributed by atoms with E-state index in [-0.39, 0.29) is 5.57 Å².